The van der Waals surface area contributed by atoms with E-state index in [2.05, 4.69) is 31.2 Å². The van der Waals surface area contributed by atoms with Gasteiger partial charge in [-0.1, -0.05) is 15.9 Å². The van der Waals surface area contributed by atoms with E-state index in [9.17, 15) is 14.7 Å². The Morgan fingerprint density at radius 1 is 1.29 bits per heavy atom. The molecule has 4 rings (SSSR count). The van der Waals surface area contributed by atoms with Gasteiger partial charge in [0.1, 0.15) is 12.4 Å². The number of carbonyl (C=O) groups excluding carboxylic acids is 2. The minimum absolute atomic E-state index is 0.0418. The second kappa shape index (κ2) is 9.37. The summed E-state index contributed by atoms with van der Waals surface area (Å²) in [6.45, 7) is 2.15. The molecule has 8 nitrogen and oxygen atoms in total. The van der Waals surface area contributed by atoms with Crippen LogP contribution in [0.4, 0.5) is 4.79 Å². The topological polar surface area (TPSA) is 105 Å². The summed E-state index contributed by atoms with van der Waals surface area (Å²) in [7, 11) is 1.44. The number of piperidine rings is 1. The summed E-state index contributed by atoms with van der Waals surface area (Å²) in [5.74, 6) is 1.09. The zero-order valence-corrected chi connectivity index (χ0v) is 19.2. The number of phenolic OH excluding ortho intramolecular Hbond substituents is 1. The van der Waals surface area contributed by atoms with Crippen LogP contribution in [0, 0.1) is 0 Å². The highest BCUT2D eigenvalue weighted by Gasteiger charge is 2.32. The summed E-state index contributed by atoms with van der Waals surface area (Å²) in [5.41, 5.74) is 1.40. The number of halogens is 1. The van der Waals surface area contributed by atoms with Crippen molar-refractivity contribution in [1.82, 2.24) is 20.2 Å². The van der Waals surface area contributed by atoms with E-state index in [-0.39, 0.29) is 29.3 Å². The van der Waals surface area contributed by atoms with Gasteiger partial charge in [-0.3, -0.25) is 14.5 Å². The minimum Gasteiger partial charge on any atom is -0.504 e. The third-order valence-corrected chi connectivity index (χ3v) is 6.82. The van der Waals surface area contributed by atoms with Gasteiger partial charge in [-0.2, -0.15) is 0 Å². The van der Waals surface area contributed by atoms with Gasteiger partial charge in [0.2, 0.25) is 0 Å². The Bertz CT molecular complexity index is 1040. The number of ether oxygens (including phenoxy) is 1. The number of nitrogens with zero attached hydrogens (tertiary/aromatic N) is 3. The highest BCUT2D eigenvalue weighted by atomic mass is 79.9. The molecule has 2 N–H and O–H groups in total. The molecule has 0 radical (unpaired) electrons. The molecule has 0 aliphatic carbocycles. The van der Waals surface area contributed by atoms with E-state index in [1.54, 1.807) is 24.5 Å². The van der Waals surface area contributed by atoms with Gasteiger partial charge in [-0.15, -0.1) is 0 Å². The average Bonchev–Trinajstić information content (AvgIpc) is 3.02. The number of nitrogens with one attached hydrogen (secondary N) is 1. The van der Waals surface area contributed by atoms with E-state index in [0.29, 0.717) is 20.9 Å². The molecule has 1 aromatic heterocycles. The van der Waals surface area contributed by atoms with Crippen LogP contribution in [0.25, 0.3) is 6.08 Å². The maximum atomic E-state index is 12.1. The molecule has 2 aliphatic heterocycles. The van der Waals surface area contributed by atoms with E-state index in [1.165, 1.54) is 13.1 Å². The Labute approximate surface area is 192 Å². The quantitative estimate of drug-likeness (QED) is 0.594. The Hall–Kier alpha value is -2.43. The van der Waals surface area contributed by atoms with Gasteiger partial charge in [0.05, 0.1) is 4.91 Å². The second-order valence-corrected chi connectivity index (χ2v) is 9.19. The molecule has 0 spiro atoms. The van der Waals surface area contributed by atoms with Gasteiger partial charge >= 0.3 is 0 Å². The van der Waals surface area contributed by atoms with Gasteiger partial charge in [0.25, 0.3) is 11.1 Å². The molecule has 0 atom stereocenters. The van der Waals surface area contributed by atoms with E-state index in [4.69, 9.17) is 4.74 Å². The first-order chi connectivity index (χ1) is 14.9. The van der Waals surface area contributed by atoms with Crippen LogP contribution in [0.15, 0.2) is 33.9 Å². The van der Waals surface area contributed by atoms with Crippen molar-refractivity contribution in [3.63, 3.8) is 0 Å². The predicted molar refractivity (Wildman–Crippen MR) is 121 cm³/mol. The number of thioether (sulfide) groups is 1. The zero-order chi connectivity index (χ0) is 22.0. The second-order valence-electron chi connectivity index (χ2n) is 7.34. The number of rotatable bonds is 5. The normalized spacial score (nSPS) is 18.8. The first kappa shape index (κ1) is 21.8. The largest absolute Gasteiger partial charge is 0.504 e. The molecule has 0 unspecified atom stereocenters. The average molecular weight is 505 g/mol. The maximum Gasteiger partial charge on any atom is 0.293 e. The van der Waals surface area contributed by atoms with Gasteiger partial charge in [-0.25, -0.2) is 9.97 Å². The highest BCUT2D eigenvalue weighted by molar-refractivity contribution is 9.10. The number of likely N-dealkylation sites (N-methyl/N-ethyl adjacent to an activating group) is 1. The first-order valence-electron chi connectivity index (χ1n) is 9.81. The van der Waals surface area contributed by atoms with Crippen LogP contribution < -0.4 is 10.1 Å². The van der Waals surface area contributed by atoms with Crippen molar-refractivity contribution in [2.45, 2.75) is 25.4 Å². The molecule has 3 heterocycles. The van der Waals surface area contributed by atoms with Crippen LogP contribution in [-0.4, -0.2) is 51.3 Å². The Morgan fingerprint density at radius 3 is 2.65 bits per heavy atom. The molecular formula is C21H21BrN4O4S. The van der Waals surface area contributed by atoms with Crippen molar-refractivity contribution in [2.24, 2.45) is 0 Å². The fourth-order valence-electron chi connectivity index (χ4n) is 3.36. The number of imide groups is 1. The van der Waals surface area contributed by atoms with E-state index in [0.717, 1.165) is 54.0 Å². The van der Waals surface area contributed by atoms with Gasteiger partial charge in [0.15, 0.2) is 11.5 Å². The monoisotopic (exact) mass is 504 g/mol. The van der Waals surface area contributed by atoms with E-state index in [1.807, 2.05) is 0 Å². The SMILES string of the molecule is CN1C(=O)S/C(=C\c2cc(OCc3cnc(C4CCNCC4)nc3)c(O)cc2Br)C1=O. The number of hydrogen-bond donors (Lipinski definition) is 2. The van der Waals surface area contributed by atoms with Crippen molar-refractivity contribution in [2.75, 3.05) is 20.1 Å². The molecule has 1 aromatic carbocycles. The van der Waals surface area contributed by atoms with Crippen LogP contribution in [0.5, 0.6) is 11.5 Å². The predicted octanol–water partition coefficient (Wildman–Crippen LogP) is 3.66. The minimum atomic E-state index is -0.358. The molecule has 0 saturated carbocycles. The van der Waals surface area contributed by atoms with Gasteiger partial charge < -0.3 is 15.2 Å². The lowest BCUT2D eigenvalue weighted by molar-refractivity contribution is -0.121. The number of phenols is 1. The molecule has 2 aliphatic rings. The fraction of sp³-hybridized carbons (Fsp3) is 0.333. The molecule has 2 aromatic rings. The lowest BCUT2D eigenvalue weighted by Gasteiger charge is -2.21. The Morgan fingerprint density at radius 2 is 2.00 bits per heavy atom. The van der Waals surface area contributed by atoms with Crippen molar-refractivity contribution in [3.05, 3.63) is 50.9 Å². The van der Waals surface area contributed by atoms with Crippen molar-refractivity contribution in [1.29, 1.82) is 0 Å². The Kier molecular flexibility index (Phi) is 6.59. The van der Waals surface area contributed by atoms with E-state index >= 15 is 0 Å². The third kappa shape index (κ3) is 4.91. The van der Waals surface area contributed by atoms with Crippen molar-refractivity contribution < 1.29 is 19.4 Å². The molecule has 162 valence electrons. The van der Waals surface area contributed by atoms with Crippen LogP contribution >= 0.6 is 27.7 Å². The molecule has 0 bridgehead atoms. The first-order valence-corrected chi connectivity index (χ1v) is 11.4. The third-order valence-electron chi connectivity index (χ3n) is 5.18. The standard InChI is InChI=1S/C21H21BrN4O4S/c1-26-20(28)18(31-21(26)29)7-14-6-17(16(27)8-15(14)22)30-11-12-9-24-19(25-10-12)13-2-4-23-5-3-13/h6-10,13,23,27H,2-5,11H2,1H3/b18-7-. The van der Waals surface area contributed by atoms with Crippen molar-refractivity contribution in [3.8, 4) is 11.5 Å². The van der Waals surface area contributed by atoms with Crippen LogP contribution in [0.3, 0.4) is 0 Å². The number of aromatic nitrogens is 2. The molecule has 10 heteroatoms. The fourth-order valence-corrected chi connectivity index (χ4v) is 4.63. The lowest BCUT2D eigenvalue weighted by Crippen LogP contribution is -2.27. The van der Waals surface area contributed by atoms with Crippen molar-refractivity contribution >= 4 is 44.9 Å². The van der Waals surface area contributed by atoms with Crippen LogP contribution in [0.2, 0.25) is 0 Å². The summed E-state index contributed by atoms with van der Waals surface area (Å²) in [5, 5.41) is 13.3. The number of aromatic hydroxyl groups is 1. The van der Waals surface area contributed by atoms with Crippen LogP contribution in [-0.2, 0) is 11.4 Å². The molecule has 31 heavy (non-hydrogen) atoms. The molecule has 2 fully saturated rings. The number of hydrogen-bond acceptors (Lipinski definition) is 8. The van der Waals surface area contributed by atoms with Gasteiger partial charge in [0, 0.05) is 35.4 Å². The number of benzene rings is 1. The Balaban J connectivity index is 1.47. The summed E-state index contributed by atoms with van der Waals surface area (Å²) < 4.78 is 6.36. The van der Waals surface area contributed by atoms with Crippen LogP contribution in [0.1, 0.15) is 35.7 Å². The maximum absolute atomic E-state index is 12.1. The smallest absolute Gasteiger partial charge is 0.293 e. The molecule has 2 amide bonds. The number of carbonyl (C=O) groups is 2. The number of amides is 2. The summed E-state index contributed by atoms with van der Waals surface area (Å²) >= 11 is 4.25. The van der Waals surface area contributed by atoms with Gasteiger partial charge in [-0.05, 0) is 61.5 Å². The molecular weight excluding hydrogens is 484 g/mol. The summed E-state index contributed by atoms with van der Waals surface area (Å²) in [4.78, 5) is 34.2. The molecule has 2 saturated heterocycles. The highest BCUT2D eigenvalue weighted by Crippen LogP contribution is 2.37. The summed E-state index contributed by atoms with van der Waals surface area (Å²) in [6, 6.07) is 3.11. The summed E-state index contributed by atoms with van der Waals surface area (Å²) in [6.07, 6.45) is 7.16. The lowest BCUT2D eigenvalue weighted by atomic mass is 9.97. The zero-order valence-electron chi connectivity index (χ0n) is 16.8. The van der Waals surface area contributed by atoms with E-state index < -0.39 is 0 Å².